The minimum absolute atomic E-state index is 0.165. The topological polar surface area (TPSA) is 38.3 Å². The molecule has 0 radical (unpaired) electrons. The van der Waals surface area contributed by atoms with E-state index < -0.39 is 5.54 Å². The van der Waals surface area contributed by atoms with E-state index in [1.54, 1.807) is 0 Å². The molecular weight excluding hydrogens is 306 g/mol. The molecule has 0 amide bonds. The molecule has 0 aliphatic heterocycles. The average Bonchev–Trinajstić information content (AvgIpc) is 3.13. The minimum Gasteiger partial charge on any atom is -0.464 e. The van der Waals surface area contributed by atoms with Crippen molar-refractivity contribution in [3.63, 3.8) is 0 Å². The standard InChI is InChI=1S/C15H20BrNO2/c1-3-19-14(18)15(2,10-11-7-8-11)17-13-6-4-5-12(16)9-13/h4-6,9,11,17H,3,7-8,10H2,1-2H3. The minimum atomic E-state index is -0.641. The highest BCUT2D eigenvalue weighted by atomic mass is 79.9. The third-order valence-electron chi connectivity index (χ3n) is 3.36. The molecular formula is C15H20BrNO2. The van der Waals surface area contributed by atoms with Crippen molar-refractivity contribution in [2.75, 3.05) is 11.9 Å². The normalized spacial score (nSPS) is 17.6. The maximum Gasteiger partial charge on any atom is 0.331 e. The van der Waals surface area contributed by atoms with Gasteiger partial charge in [-0.2, -0.15) is 0 Å². The smallest absolute Gasteiger partial charge is 0.331 e. The first-order valence-corrected chi connectivity index (χ1v) is 7.54. The van der Waals surface area contributed by atoms with Crippen LogP contribution >= 0.6 is 15.9 Å². The van der Waals surface area contributed by atoms with Gasteiger partial charge in [0.25, 0.3) is 0 Å². The van der Waals surface area contributed by atoms with Crippen molar-refractivity contribution in [3.8, 4) is 0 Å². The van der Waals surface area contributed by atoms with E-state index in [0.29, 0.717) is 12.5 Å². The molecule has 1 atom stereocenters. The van der Waals surface area contributed by atoms with Crippen molar-refractivity contribution >= 4 is 27.6 Å². The monoisotopic (exact) mass is 325 g/mol. The fourth-order valence-electron chi connectivity index (χ4n) is 2.26. The summed E-state index contributed by atoms with van der Waals surface area (Å²) < 4.78 is 6.22. The lowest BCUT2D eigenvalue weighted by atomic mass is 9.94. The SMILES string of the molecule is CCOC(=O)C(C)(CC1CC1)Nc1cccc(Br)c1. The van der Waals surface area contributed by atoms with Gasteiger partial charge in [0.2, 0.25) is 0 Å². The molecule has 0 bridgehead atoms. The van der Waals surface area contributed by atoms with Crippen LogP contribution in [0.5, 0.6) is 0 Å². The second-order valence-corrected chi connectivity index (χ2v) is 6.25. The molecule has 0 saturated heterocycles. The number of halogens is 1. The van der Waals surface area contributed by atoms with Gasteiger partial charge in [-0.15, -0.1) is 0 Å². The van der Waals surface area contributed by atoms with Gasteiger partial charge >= 0.3 is 5.97 Å². The lowest BCUT2D eigenvalue weighted by molar-refractivity contribution is -0.148. The van der Waals surface area contributed by atoms with Gasteiger partial charge in [0, 0.05) is 10.2 Å². The first kappa shape index (κ1) is 14.4. The molecule has 0 spiro atoms. The van der Waals surface area contributed by atoms with E-state index in [-0.39, 0.29) is 5.97 Å². The van der Waals surface area contributed by atoms with Crippen molar-refractivity contribution in [2.24, 2.45) is 5.92 Å². The highest BCUT2D eigenvalue weighted by molar-refractivity contribution is 9.10. The summed E-state index contributed by atoms with van der Waals surface area (Å²) in [5.74, 6) is 0.482. The lowest BCUT2D eigenvalue weighted by Gasteiger charge is -2.29. The van der Waals surface area contributed by atoms with Crippen molar-refractivity contribution < 1.29 is 9.53 Å². The van der Waals surface area contributed by atoms with E-state index in [2.05, 4.69) is 21.2 Å². The van der Waals surface area contributed by atoms with E-state index in [9.17, 15) is 4.79 Å². The quantitative estimate of drug-likeness (QED) is 0.804. The number of carbonyl (C=O) groups excluding carboxylic acids is 1. The van der Waals surface area contributed by atoms with Gasteiger partial charge in [-0.1, -0.05) is 34.8 Å². The zero-order chi connectivity index (χ0) is 13.9. The summed E-state index contributed by atoms with van der Waals surface area (Å²) in [5.41, 5.74) is 0.295. The molecule has 1 fully saturated rings. The number of hydrogen-bond donors (Lipinski definition) is 1. The highest BCUT2D eigenvalue weighted by Crippen LogP contribution is 2.38. The van der Waals surface area contributed by atoms with Crippen molar-refractivity contribution in [1.29, 1.82) is 0 Å². The molecule has 0 aromatic heterocycles. The number of esters is 1. The maximum atomic E-state index is 12.2. The zero-order valence-corrected chi connectivity index (χ0v) is 13.0. The summed E-state index contributed by atoms with van der Waals surface area (Å²) in [5, 5.41) is 3.35. The fourth-order valence-corrected chi connectivity index (χ4v) is 2.66. The number of nitrogens with one attached hydrogen (secondary N) is 1. The van der Waals surface area contributed by atoms with E-state index in [4.69, 9.17) is 4.74 Å². The van der Waals surface area contributed by atoms with Crippen LogP contribution in [0.4, 0.5) is 5.69 Å². The number of ether oxygens (including phenoxy) is 1. The van der Waals surface area contributed by atoms with Gasteiger partial charge in [0.1, 0.15) is 5.54 Å². The van der Waals surface area contributed by atoms with Crippen LogP contribution in [0.1, 0.15) is 33.1 Å². The highest BCUT2D eigenvalue weighted by Gasteiger charge is 2.40. The van der Waals surface area contributed by atoms with Gasteiger partial charge in [0.05, 0.1) is 6.61 Å². The molecule has 1 aliphatic rings. The number of anilines is 1. The van der Waals surface area contributed by atoms with Crippen molar-refractivity contribution in [1.82, 2.24) is 0 Å². The second kappa shape index (κ2) is 5.95. The number of carbonyl (C=O) groups is 1. The molecule has 3 nitrogen and oxygen atoms in total. The Morgan fingerprint density at radius 2 is 2.26 bits per heavy atom. The van der Waals surface area contributed by atoms with Crippen LogP contribution in [0.2, 0.25) is 0 Å². The number of rotatable bonds is 6. The van der Waals surface area contributed by atoms with E-state index in [1.165, 1.54) is 12.8 Å². The van der Waals surface area contributed by atoms with Crippen LogP contribution in [0.15, 0.2) is 28.7 Å². The summed E-state index contributed by atoms with van der Waals surface area (Å²) in [6, 6.07) is 7.86. The molecule has 1 aromatic carbocycles. The predicted molar refractivity (Wildman–Crippen MR) is 80.1 cm³/mol. The summed E-state index contributed by atoms with van der Waals surface area (Å²) in [7, 11) is 0. The fraction of sp³-hybridized carbons (Fsp3) is 0.533. The van der Waals surface area contributed by atoms with Gasteiger partial charge in [-0.05, 0) is 44.4 Å². The average molecular weight is 326 g/mol. The lowest BCUT2D eigenvalue weighted by Crippen LogP contribution is -2.45. The van der Waals surface area contributed by atoms with Crippen molar-refractivity contribution in [2.45, 2.75) is 38.6 Å². The molecule has 1 unspecified atom stereocenters. The number of benzene rings is 1. The molecule has 0 heterocycles. The zero-order valence-electron chi connectivity index (χ0n) is 11.4. The van der Waals surface area contributed by atoms with Crippen molar-refractivity contribution in [3.05, 3.63) is 28.7 Å². The van der Waals surface area contributed by atoms with Crippen LogP contribution in [0, 0.1) is 5.92 Å². The summed E-state index contributed by atoms with van der Waals surface area (Å²) in [6.07, 6.45) is 3.27. The van der Waals surface area contributed by atoms with E-state index in [1.807, 2.05) is 38.1 Å². The Labute approximate surface area is 122 Å². The first-order valence-electron chi connectivity index (χ1n) is 6.74. The van der Waals surface area contributed by atoms with E-state index >= 15 is 0 Å². The first-order chi connectivity index (χ1) is 9.03. The Hall–Kier alpha value is -1.03. The summed E-state index contributed by atoms with van der Waals surface area (Å²) >= 11 is 3.44. The Balaban J connectivity index is 2.14. The Morgan fingerprint density at radius 3 is 2.84 bits per heavy atom. The third kappa shape index (κ3) is 3.96. The molecule has 104 valence electrons. The Morgan fingerprint density at radius 1 is 1.53 bits per heavy atom. The van der Waals surface area contributed by atoms with Gasteiger partial charge in [-0.25, -0.2) is 4.79 Å². The van der Waals surface area contributed by atoms with Gasteiger partial charge < -0.3 is 10.1 Å². The summed E-state index contributed by atoms with van der Waals surface area (Å²) in [4.78, 5) is 12.2. The molecule has 1 saturated carbocycles. The molecule has 1 N–H and O–H groups in total. The Kier molecular flexibility index (Phi) is 4.50. The second-order valence-electron chi connectivity index (χ2n) is 5.34. The molecule has 19 heavy (non-hydrogen) atoms. The third-order valence-corrected chi connectivity index (χ3v) is 3.86. The molecule has 1 aliphatic carbocycles. The van der Waals surface area contributed by atoms with E-state index in [0.717, 1.165) is 16.6 Å². The largest absolute Gasteiger partial charge is 0.464 e. The van der Waals surface area contributed by atoms with Crippen LogP contribution in [0.3, 0.4) is 0 Å². The predicted octanol–water partition coefficient (Wildman–Crippen LogP) is 3.98. The van der Waals surface area contributed by atoms with Gasteiger partial charge in [0.15, 0.2) is 0 Å². The maximum absolute atomic E-state index is 12.2. The van der Waals surface area contributed by atoms with Gasteiger partial charge in [-0.3, -0.25) is 0 Å². The molecule has 1 aromatic rings. The van der Waals surface area contributed by atoms with Crippen LogP contribution in [0.25, 0.3) is 0 Å². The van der Waals surface area contributed by atoms with Crippen LogP contribution in [-0.2, 0) is 9.53 Å². The number of hydrogen-bond acceptors (Lipinski definition) is 3. The van der Waals surface area contributed by atoms with Crippen LogP contribution < -0.4 is 5.32 Å². The Bertz CT molecular complexity index is 459. The van der Waals surface area contributed by atoms with Crippen LogP contribution in [-0.4, -0.2) is 18.1 Å². The molecule has 2 rings (SSSR count). The molecule has 4 heteroatoms. The summed E-state index contributed by atoms with van der Waals surface area (Å²) in [6.45, 7) is 4.19.